The number of carbonyl (C=O) groups is 2. The number of hydrogen-bond acceptors (Lipinski definition) is 4. The molecule has 0 spiro atoms. The predicted molar refractivity (Wildman–Crippen MR) is 80.1 cm³/mol. The van der Waals surface area contributed by atoms with Gasteiger partial charge in [-0.05, 0) is 0 Å². The molecular formula is C16H22N2O3. The maximum atomic E-state index is 12.1. The van der Waals surface area contributed by atoms with Crippen LogP contribution in [0.25, 0.3) is 0 Å². The van der Waals surface area contributed by atoms with Crippen LogP contribution in [0.1, 0.15) is 23.2 Å². The molecule has 5 heteroatoms. The summed E-state index contributed by atoms with van der Waals surface area (Å²) in [5.41, 5.74) is 0.665. The average Bonchev–Trinajstić information content (AvgIpc) is 2.54. The molecular weight excluding hydrogens is 268 g/mol. The lowest BCUT2D eigenvalue weighted by Crippen LogP contribution is -2.49. The Kier molecular flexibility index (Phi) is 5.90. The van der Waals surface area contributed by atoms with Gasteiger partial charge in [0.1, 0.15) is 0 Å². The minimum absolute atomic E-state index is 0.0165. The van der Waals surface area contributed by atoms with Crippen molar-refractivity contribution in [2.45, 2.75) is 12.8 Å². The highest BCUT2D eigenvalue weighted by Crippen LogP contribution is 2.09. The molecule has 1 saturated heterocycles. The van der Waals surface area contributed by atoms with E-state index < -0.39 is 0 Å². The first-order valence-corrected chi connectivity index (χ1v) is 7.40. The molecule has 0 saturated carbocycles. The van der Waals surface area contributed by atoms with E-state index in [1.165, 1.54) is 0 Å². The van der Waals surface area contributed by atoms with Crippen LogP contribution in [-0.4, -0.2) is 65.9 Å². The van der Waals surface area contributed by atoms with Crippen LogP contribution in [0.4, 0.5) is 0 Å². The quantitative estimate of drug-likeness (QED) is 0.787. The van der Waals surface area contributed by atoms with Crippen LogP contribution in [0.15, 0.2) is 30.3 Å². The zero-order chi connectivity index (χ0) is 15.1. The van der Waals surface area contributed by atoms with Crippen LogP contribution in [0.3, 0.4) is 0 Å². The molecule has 1 aliphatic heterocycles. The smallest absolute Gasteiger partial charge is 0.223 e. The number of aliphatic hydroxyl groups is 1. The molecule has 0 unspecified atom stereocenters. The van der Waals surface area contributed by atoms with Crippen molar-refractivity contribution in [3.63, 3.8) is 0 Å². The highest BCUT2D eigenvalue weighted by Gasteiger charge is 2.21. The van der Waals surface area contributed by atoms with Gasteiger partial charge in [-0.15, -0.1) is 0 Å². The van der Waals surface area contributed by atoms with Crippen molar-refractivity contribution in [3.8, 4) is 0 Å². The molecule has 1 amide bonds. The SMILES string of the molecule is O=C(CCC(=O)N1CCN(CCO)CC1)c1ccccc1. The maximum absolute atomic E-state index is 12.1. The normalized spacial score (nSPS) is 16.0. The lowest BCUT2D eigenvalue weighted by Gasteiger charge is -2.34. The van der Waals surface area contributed by atoms with Crippen LogP contribution < -0.4 is 0 Å². The second-order valence-corrected chi connectivity index (χ2v) is 5.24. The molecule has 0 aromatic heterocycles. The summed E-state index contributed by atoms with van der Waals surface area (Å²) in [7, 11) is 0. The summed E-state index contributed by atoms with van der Waals surface area (Å²) in [6.45, 7) is 3.75. The second kappa shape index (κ2) is 7.90. The Morgan fingerprint density at radius 2 is 1.67 bits per heavy atom. The van der Waals surface area contributed by atoms with Gasteiger partial charge in [0, 0.05) is 51.1 Å². The Morgan fingerprint density at radius 3 is 2.29 bits per heavy atom. The predicted octanol–water partition coefficient (Wildman–Crippen LogP) is 0.786. The molecule has 1 heterocycles. The van der Waals surface area contributed by atoms with E-state index in [9.17, 15) is 9.59 Å². The van der Waals surface area contributed by atoms with E-state index >= 15 is 0 Å². The standard InChI is InChI=1S/C16H22N2O3/c19-13-12-17-8-10-18(11-9-17)16(21)7-6-15(20)14-4-2-1-3-5-14/h1-5,19H,6-13H2. The van der Waals surface area contributed by atoms with Crippen LogP contribution in [-0.2, 0) is 4.79 Å². The Labute approximate surface area is 125 Å². The highest BCUT2D eigenvalue weighted by atomic mass is 16.3. The van der Waals surface area contributed by atoms with E-state index in [0.717, 1.165) is 13.1 Å². The lowest BCUT2D eigenvalue weighted by atomic mass is 10.1. The van der Waals surface area contributed by atoms with Gasteiger partial charge in [-0.1, -0.05) is 30.3 Å². The summed E-state index contributed by atoms with van der Waals surface area (Å²) in [6, 6.07) is 9.08. The fourth-order valence-electron chi connectivity index (χ4n) is 2.51. The molecule has 114 valence electrons. The number of hydrogen-bond donors (Lipinski definition) is 1. The van der Waals surface area contributed by atoms with Gasteiger partial charge in [-0.25, -0.2) is 0 Å². The third kappa shape index (κ3) is 4.65. The fraction of sp³-hybridized carbons (Fsp3) is 0.500. The number of aliphatic hydroxyl groups excluding tert-OH is 1. The second-order valence-electron chi connectivity index (χ2n) is 5.24. The van der Waals surface area contributed by atoms with Crippen LogP contribution in [0, 0.1) is 0 Å². The van der Waals surface area contributed by atoms with Gasteiger partial charge in [-0.2, -0.15) is 0 Å². The summed E-state index contributed by atoms with van der Waals surface area (Å²) in [4.78, 5) is 28.0. The van der Waals surface area contributed by atoms with E-state index in [4.69, 9.17) is 5.11 Å². The minimum Gasteiger partial charge on any atom is -0.395 e. The molecule has 1 fully saturated rings. The number of rotatable bonds is 6. The third-order valence-corrected chi connectivity index (χ3v) is 3.80. The monoisotopic (exact) mass is 290 g/mol. The first-order chi connectivity index (χ1) is 10.2. The number of ketones is 1. The molecule has 1 aromatic rings. The Bertz CT molecular complexity index is 468. The van der Waals surface area contributed by atoms with E-state index in [0.29, 0.717) is 25.2 Å². The van der Waals surface area contributed by atoms with E-state index in [2.05, 4.69) is 4.90 Å². The van der Waals surface area contributed by atoms with Gasteiger partial charge >= 0.3 is 0 Å². The number of amides is 1. The van der Waals surface area contributed by atoms with Crippen molar-refractivity contribution in [3.05, 3.63) is 35.9 Å². The van der Waals surface area contributed by atoms with Crippen molar-refractivity contribution in [1.82, 2.24) is 9.80 Å². The molecule has 5 nitrogen and oxygen atoms in total. The van der Waals surface area contributed by atoms with Crippen LogP contribution >= 0.6 is 0 Å². The van der Waals surface area contributed by atoms with Gasteiger partial charge in [0.05, 0.1) is 6.61 Å². The number of benzene rings is 1. The summed E-state index contributed by atoms with van der Waals surface area (Å²) in [5, 5.41) is 8.89. The number of Topliss-reactive ketones (excluding diaryl/α,β-unsaturated/α-hetero) is 1. The summed E-state index contributed by atoms with van der Waals surface area (Å²) >= 11 is 0. The molecule has 0 bridgehead atoms. The Balaban J connectivity index is 1.74. The van der Waals surface area contributed by atoms with Gasteiger partial charge in [0.2, 0.25) is 5.91 Å². The largest absolute Gasteiger partial charge is 0.395 e. The number of nitrogens with zero attached hydrogens (tertiary/aromatic N) is 2. The molecule has 1 N–H and O–H groups in total. The fourth-order valence-corrected chi connectivity index (χ4v) is 2.51. The van der Waals surface area contributed by atoms with Gasteiger partial charge in [-0.3, -0.25) is 14.5 Å². The molecule has 0 aliphatic carbocycles. The van der Waals surface area contributed by atoms with Gasteiger partial charge in [0.25, 0.3) is 0 Å². The van der Waals surface area contributed by atoms with Gasteiger partial charge < -0.3 is 10.0 Å². The van der Waals surface area contributed by atoms with Crippen LogP contribution in [0.2, 0.25) is 0 Å². The summed E-state index contributed by atoms with van der Waals surface area (Å²) in [5.74, 6) is 0.0609. The minimum atomic E-state index is 0.0165. The van der Waals surface area contributed by atoms with Crippen molar-refractivity contribution in [2.24, 2.45) is 0 Å². The topological polar surface area (TPSA) is 60.9 Å². The molecule has 0 radical (unpaired) electrons. The highest BCUT2D eigenvalue weighted by molar-refractivity contribution is 5.97. The molecule has 0 atom stereocenters. The molecule has 2 rings (SSSR count). The van der Waals surface area contributed by atoms with Crippen LogP contribution in [0.5, 0.6) is 0 Å². The number of piperazine rings is 1. The third-order valence-electron chi connectivity index (χ3n) is 3.80. The maximum Gasteiger partial charge on any atom is 0.223 e. The number of carbonyl (C=O) groups excluding carboxylic acids is 2. The summed E-state index contributed by atoms with van der Waals surface area (Å²) in [6.07, 6.45) is 0.535. The summed E-state index contributed by atoms with van der Waals surface area (Å²) < 4.78 is 0. The Hall–Kier alpha value is -1.72. The van der Waals surface area contributed by atoms with E-state index in [1.807, 2.05) is 23.1 Å². The molecule has 1 aliphatic rings. The van der Waals surface area contributed by atoms with E-state index in [1.54, 1.807) is 12.1 Å². The van der Waals surface area contributed by atoms with Crippen molar-refractivity contribution < 1.29 is 14.7 Å². The first-order valence-electron chi connectivity index (χ1n) is 7.40. The van der Waals surface area contributed by atoms with E-state index in [-0.39, 0.29) is 31.1 Å². The zero-order valence-electron chi connectivity index (χ0n) is 12.2. The van der Waals surface area contributed by atoms with Crippen molar-refractivity contribution in [2.75, 3.05) is 39.3 Å². The Morgan fingerprint density at radius 1 is 1.00 bits per heavy atom. The number of β-amino-alcohol motifs (C(OH)–C–C–N with tert-alkyl or cyclic N) is 1. The van der Waals surface area contributed by atoms with Crippen molar-refractivity contribution in [1.29, 1.82) is 0 Å². The van der Waals surface area contributed by atoms with Crippen molar-refractivity contribution >= 4 is 11.7 Å². The average molecular weight is 290 g/mol. The lowest BCUT2D eigenvalue weighted by molar-refractivity contribution is -0.132. The zero-order valence-corrected chi connectivity index (χ0v) is 12.2. The first kappa shape index (κ1) is 15.7. The van der Waals surface area contributed by atoms with Gasteiger partial charge in [0.15, 0.2) is 5.78 Å². The molecule has 1 aromatic carbocycles. The molecule has 21 heavy (non-hydrogen) atoms.